The molecule has 1 amide bonds. The van der Waals surface area contributed by atoms with Crippen molar-refractivity contribution in [1.82, 2.24) is 15.1 Å². The van der Waals surface area contributed by atoms with Crippen LogP contribution in [0.4, 0.5) is 0 Å². The summed E-state index contributed by atoms with van der Waals surface area (Å²) in [5.41, 5.74) is 2.14. The number of hydrogen-bond donors (Lipinski definition) is 1. The highest BCUT2D eigenvalue weighted by atomic mass is 32.2. The van der Waals surface area contributed by atoms with E-state index in [9.17, 15) is 13.2 Å². The van der Waals surface area contributed by atoms with Crippen molar-refractivity contribution in [3.63, 3.8) is 0 Å². The molecule has 1 saturated heterocycles. The van der Waals surface area contributed by atoms with Gasteiger partial charge < -0.3 is 5.32 Å². The summed E-state index contributed by atoms with van der Waals surface area (Å²) < 4.78 is 24.9. The second kappa shape index (κ2) is 6.16. The number of sulfone groups is 1. The van der Waals surface area contributed by atoms with E-state index < -0.39 is 9.84 Å². The van der Waals surface area contributed by atoms with E-state index in [1.807, 2.05) is 37.3 Å². The van der Waals surface area contributed by atoms with Gasteiger partial charge in [-0.05, 0) is 25.0 Å². The Morgan fingerprint density at radius 2 is 2.09 bits per heavy atom. The lowest BCUT2D eigenvalue weighted by Gasteiger charge is -2.10. The van der Waals surface area contributed by atoms with E-state index in [2.05, 4.69) is 10.4 Å². The van der Waals surface area contributed by atoms with Crippen molar-refractivity contribution in [3.05, 3.63) is 53.3 Å². The maximum Gasteiger partial charge on any atom is 0.272 e. The van der Waals surface area contributed by atoms with E-state index in [0.29, 0.717) is 18.7 Å². The van der Waals surface area contributed by atoms with Crippen LogP contribution in [0.25, 0.3) is 0 Å². The van der Waals surface area contributed by atoms with Gasteiger partial charge in [0.2, 0.25) is 0 Å². The Morgan fingerprint density at radius 1 is 1.35 bits per heavy atom. The molecule has 3 rings (SSSR count). The first-order valence-corrected chi connectivity index (χ1v) is 9.35. The molecule has 2 heterocycles. The molecule has 1 atom stereocenters. The third kappa shape index (κ3) is 3.61. The molecule has 0 aliphatic carbocycles. The number of amides is 1. The van der Waals surface area contributed by atoms with Crippen molar-refractivity contribution in [3.8, 4) is 0 Å². The zero-order valence-electron chi connectivity index (χ0n) is 12.9. The van der Waals surface area contributed by atoms with E-state index >= 15 is 0 Å². The van der Waals surface area contributed by atoms with Gasteiger partial charge in [0.05, 0.1) is 17.5 Å². The van der Waals surface area contributed by atoms with E-state index in [4.69, 9.17) is 0 Å². The third-order valence-corrected chi connectivity index (χ3v) is 5.76. The average molecular weight is 333 g/mol. The number of benzene rings is 1. The molecule has 1 aliphatic heterocycles. The van der Waals surface area contributed by atoms with Gasteiger partial charge in [0.15, 0.2) is 9.84 Å². The van der Waals surface area contributed by atoms with Crippen molar-refractivity contribution in [2.75, 3.05) is 11.5 Å². The van der Waals surface area contributed by atoms with Crippen LogP contribution in [0.5, 0.6) is 0 Å². The zero-order valence-corrected chi connectivity index (χ0v) is 13.7. The fourth-order valence-corrected chi connectivity index (χ4v) is 4.50. The van der Waals surface area contributed by atoms with Crippen LogP contribution in [-0.2, 0) is 16.4 Å². The Labute approximate surface area is 135 Å². The number of carbonyl (C=O) groups is 1. The monoisotopic (exact) mass is 333 g/mol. The smallest absolute Gasteiger partial charge is 0.272 e. The van der Waals surface area contributed by atoms with Crippen LogP contribution in [0.15, 0.2) is 36.4 Å². The molecule has 6 nitrogen and oxygen atoms in total. The first kappa shape index (κ1) is 15.7. The quantitative estimate of drug-likeness (QED) is 0.919. The van der Waals surface area contributed by atoms with Crippen molar-refractivity contribution in [2.45, 2.75) is 25.9 Å². The summed E-state index contributed by atoms with van der Waals surface area (Å²) in [5, 5.41) is 7.14. The number of hydrogen-bond acceptors (Lipinski definition) is 4. The van der Waals surface area contributed by atoms with Crippen molar-refractivity contribution in [2.24, 2.45) is 0 Å². The molecule has 0 saturated carbocycles. The van der Waals surface area contributed by atoms with Gasteiger partial charge in [0.1, 0.15) is 5.69 Å². The van der Waals surface area contributed by atoms with Crippen molar-refractivity contribution in [1.29, 1.82) is 0 Å². The van der Waals surface area contributed by atoms with E-state index in [1.54, 1.807) is 10.7 Å². The maximum absolute atomic E-state index is 12.2. The molecule has 2 aromatic rings. The molecule has 1 fully saturated rings. The van der Waals surface area contributed by atoms with Crippen LogP contribution >= 0.6 is 0 Å². The fraction of sp³-hybridized carbons (Fsp3) is 0.375. The largest absolute Gasteiger partial charge is 0.347 e. The molecular weight excluding hydrogens is 314 g/mol. The highest BCUT2D eigenvalue weighted by Gasteiger charge is 2.31. The number of aryl methyl sites for hydroxylation is 1. The lowest BCUT2D eigenvalue weighted by Crippen LogP contribution is -2.23. The van der Waals surface area contributed by atoms with E-state index in [0.717, 1.165) is 11.3 Å². The van der Waals surface area contributed by atoms with Crippen molar-refractivity contribution >= 4 is 15.7 Å². The van der Waals surface area contributed by atoms with Gasteiger partial charge in [-0.3, -0.25) is 9.48 Å². The minimum atomic E-state index is -2.98. The minimum absolute atomic E-state index is 0.0978. The van der Waals surface area contributed by atoms with Gasteiger partial charge in [0, 0.05) is 12.2 Å². The topological polar surface area (TPSA) is 81.1 Å². The Hall–Kier alpha value is -2.15. The highest BCUT2D eigenvalue weighted by Crippen LogP contribution is 2.24. The molecule has 1 aromatic heterocycles. The minimum Gasteiger partial charge on any atom is -0.347 e. The molecule has 1 aromatic carbocycles. The zero-order chi connectivity index (χ0) is 16.4. The Kier molecular flexibility index (Phi) is 4.21. The second-order valence-electron chi connectivity index (χ2n) is 5.84. The van der Waals surface area contributed by atoms with Crippen LogP contribution < -0.4 is 5.32 Å². The lowest BCUT2D eigenvalue weighted by molar-refractivity contribution is 0.0945. The second-order valence-corrected chi connectivity index (χ2v) is 8.07. The standard InChI is InChI=1S/C16H19N3O3S/c1-12-9-15(16(20)17-10-13-5-3-2-4-6-13)18-19(12)14-7-8-23(21,22)11-14/h2-6,9,14H,7-8,10-11H2,1H3,(H,17,20). The molecule has 0 bridgehead atoms. The van der Waals surface area contributed by atoms with Gasteiger partial charge in [-0.15, -0.1) is 0 Å². The van der Waals surface area contributed by atoms with Crippen molar-refractivity contribution < 1.29 is 13.2 Å². The highest BCUT2D eigenvalue weighted by molar-refractivity contribution is 7.91. The first-order valence-electron chi connectivity index (χ1n) is 7.53. The Balaban J connectivity index is 1.69. The van der Waals surface area contributed by atoms with Crippen LogP contribution in [0.1, 0.15) is 34.2 Å². The summed E-state index contributed by atoms with van der Waals surface area (Å²) >= 11 is 0. The number of nitrogens with zero attached hydrogens (tertiary/aromatic N) is 2. The van der Waals surface area contributed by atoms with Gasteiger partial charge in [-0.2, -0.15) is 5.10 Å². The lowest BCUT2D eigenvalue weighted by atomic mass is 10.2. The summed E-state index contributed by atoms with van der Waals surface area (Å²) in [6.45, 7) is 2.27. The summed E-state index contributed by atoms with van der Waals surface area (Å²) in [6.07, 6.45) is 0.552. The van der Waals surface area contributed by atoms with Gasteiger partial charge >= 0.3 is 0 Å². The SMILES string of the molecule is Cc1cc(C(=O)NCc2ccccc2)nn1C1CCS(=O)(=O)C1. The summed E-state index contributed by atoms with van der Waals surface area (Å²) in [4.78, 5) is 12.2. The molecule has 0 radical (unpaired) electrons. The Bertz CT molecular complexity index is 812. The summed E-state index contributed by atoms with van der Waals surface area (Å²) in [5.74, 6) is 0.0316. The van der Waals surface area contributed by atoms with Gasteiger partial charge in [-0.1, -0.05) is 30.3 Å². The van der Waals surface area contributed by atoms with Crippen LogP contribution in [0.2, 0.25) is 0 Å². The maximum atomic E-state index is 12.2. The molecule has 0 spiro atoms. The molecule has 23 heavy (non-hydrogen) atoms. The third-order valence-electron chi connectivity index (χ3n) is 4.01. The summed E-state index contributed by atoms with van der Waals surface area (Å²) in [7, 11) is -2.98. The molecule has 7 heteroatoms. The van der Waals surface area contributed by atoms with Crippen LogP contribution in [0, 0.1) is 6.92 Å². The average Bonchev–Trinajstić information content (AvgIpc) is 3.08. The van der Waals surface area contributed by atoms with Gasteiger partial charge in [0.25, 0.3) is 5.91 Å². The normalized spacial score (nSPS) is 19.6. The number of nitrogens with one attached hydrogen (secondary N) is 1. The number of rotatable bonds is 4. The molecule has 1 N–H and O–H groups in total. The van der Waals surface area contributed by atoms with E-state index in [1.165, 1.54) is 0 Å². The Morgan fingerprint density at radius 3 is 2.74 bits per heavy atom. The molecular formula is C16H19N3O3S. The first-order chi connectivity index (χ1) is 10.9. The number of carbonyl (C=O) groups excluding carboxylic acids is 1. The molecule has 1 aliphatic rings. The molecule has 1 unspecified atom stereocenters. The van der Waals surface area contributed by atoms with Gasteiger partial charge in [-0.25, -0.2) is 8.42 Å². The fourth-order valence-electron chi connectivity index (χ4n) is 2.81. The number of aromatic nitrogens is 2. The van der Waals surface area contributed by atoms with Crippen LogP contribution in [0.3, 0.4) is 0 Å². The van der Waals surface area contributed by atoms with E-state index in [-0.39, 0.29) is 23.5 Å². The summed E-state index contributed by atoms with van der Waals surface area (Å²) in [6, 6.07) is 11.2. The molecule has 122 valence electrons. The van der Waals surface area contributed by atoms with Crippen LogP contribution in [-0.4, -0.2) is 35.6 Å². The predicted octanol–water partition coefficient (Wildman–Crippen LogP) is 1.48. The predicted molar refractivity (Wildman–Crippen MR) is 86.9 cm³/mol.